The monoisotopic (exact) mass is 345 g/mol. The van der Waals surface area contributed by atoms with Crippen molar-refractivity contribution in [2.75, 3.05) is 6.54 Å². The highest BCUT2D eigenvalue weighted by Gasteiger charge is 2.09. The standard InChI is InChI=1S/C10H9Br2N3O/c11-7-3-6(4-8(12)5-7)10-14-9(1-2-13)15-16-10/h3-5H,1-2,13H2. The summed E-state index contributed by atoms with van der Waals surface area (Å²) in [5.74, 6) is 1.14. The predicted octanol–water partition coefficient (Wildman–Crippen LogP) is 2.76. The van der Waals surface area contributed by atoms with Crippen molar-refractivity contribution in [3.8, 4) is 11.5 Å². The number of nitrogens with zero attached hydrogens (tertiary/aromatic N) is 2. The maximum atomic E-state index is 5.42. The summed E-state index contributed by atoms with van der Waals surface area (Å²) >= 11 is 6.82. The average Bonchev–Trinajstić information content (AvgIpc) is 2.65. The van der Waals surface area contributed by atoms with E-state index in [1.807, 2.05) is 18.2 Å². The fourth-order valence-corrected chi connectivity index (χ4v) is 2.57. The van der Waals surface area contributed by atoms with E-state index in [1.165, 1.54) is 0 Å². The van der Waals surface area contributed by atoms with Crippen LogP contribution in [-0.4, -0.2) is 16.7 Å². The minimum atomic E-state index is 0.505. The van der Waals surface area contributed by atoms with Crippen LogP contribution in [0.3, 0.4) is 0 Å². The molecule has 1 aromatic carbocycles. The molecular weight excluding hydrogens is 338 g/mol. The molecule has 1 heterocycles. The van der Waals surface area contributed by atoms with Gasteiger partial charge >= 0.3 is 0 Å². The van der Waals surface area contributed by atoms with Crippen LogP contribution >= 0.6 is 31.9 Å². The van der Waals surface area contributed by atoms with E-state index < -0.39 is 0 Å². The van der Waals surface area contributed by atoms with Gasteiger partial charge in [0.1, 0.15) is 0 Å². The van der Waals surface area contributed by atoms with E-state index in [1.54, 1.807) is 0 Å². The molecule has 6 heteroatoms. The summed E-state index contributed by atoms with van der Waals surface area (Å²) in [5, 5.41) is 3.84. The first-order valence-corrected chi connectivity index (χ1v) is 6.27. The number of hydrogen-bond acceptors (Lipinski definition) is 4. The molecule has 0 unspecified atom stereocenters. The SMILES string of the molecule is NCCc1noc(-c2cc(Br)cc(Br)c2)n1. The zero-order chi connectivity index (χ0) is 11.5. The molecule has 1 aromatic heterocycles. The lowest BCUT2D eigenvalue weighted by Gasteiger charge is -1.97. The first-order chi connectivity index (χ1) is 7.69. The van der Waals surface area contributed by atoms with Crippen molar-refractivity contribution in [2.45, 2.75) is 6.42 Å². The van der Waals surface area contributed by atoms with Crippen molar-refractivity contribution in [3.05, 3.63) is 33.0 Å². The highest BCUT2D eigenvalue weighted by atomic mass is 79.9. The molecule has 0 spiro atoms. The Hall–Kier alpha value is -0.720. The first-order valence-electron chi connectivity index (χ1n) is 4.68. The van der Waals surface area contributed by atoms with Gasteiger partial charge in [0.15, 0.2) is 5.82 Å². The summed E-state index contributed by atoms with van der Waals surface area (Å²) in [5.41, 5.74) is 6.29. The van der Waals surface area contributed by atoms with E-state index in [2.05, 4.69) is 42.0 Å². The van der Waals surface area contributed by atoms with E-state index in [0.717, 1.165) is 14.5 Å². The average molecular weight is 347 g/mol. The second-order valence-electron chi connectivity index (χ2n) is 3.21. The van der Waals surface area contributed by atoms with Gasteiger partial charge < -0.3 is 10.3 Å². The zero-order valence-electron chi connectivity index (χ0n) is 8.28. The van der Waals surface area contributed by atoms with Crippen LogP contribution < -0.4 is 5.73 Å². The molecule has 0 saturated heterocycles. The van der Waals surface area contributed by atoms with Crippen molar-refractivity contribution in [1.29, 1.82) is 0 Å². The lowest BCUT2D eigenvalue weighted by Crippen LogP contribution is -2.03. The van der Waals surface area contributed by atoms with Gasteiger partial charge in [0.2, 0.25) is 0 Å². The Balaban J connectivity index is 2.34. The fourth-order valence-electron chi connectivity index (χ4n) is 1.28. The molecule has 2 N–H and O–H groups in total. The van der Waals surface area contributed by atoms with Crippen LogP contribution in [0.1, 0.15) is 5.82 Å². The zero-order valence-corrected chi connectivity index (χ0v) is 11.5. The summed E-state index contributed by atoms with van der Waals surface area (Å²) in [4.78, 5) is 4.25. The summed E-state index contributed by atoms with van der Waals surface area (Å²) < 4.78 is 7.06. The van der Waals surface area contributed by atoms with E-state index in [-0.39, 0.29) is 0 Å². The van der Waals surface area contributed by atoms with Gasteiger partial charge in [-0.05, 0) is 24.7 Å². The van der Waals surface area contributed by atoms with Gasteiger partial charge in [-0.3, -0.25) is 0 Å². The summed E-state index contributed by atoms with van der Waals surface area (Å²) in [6, 6.07) is 5.79. The van der Waals surface area contributed by atoms with Gasteiger partial charge in [-0.2, -0.15) is 4.98 Å². The summed E-state index contributed by atoms with van der Waals surface area (Å²) in [7, 11) is 0. The van der Waals surface area contributed by atoms with E-state index >= 15 is 0 Å². The Kier molecular flexibility index (Phi) is 3.73. The van der Waals surface area contributed by atoms with Crippen LogP contribution in [0.2, 0.25) is 0 Å². The third-order valence-electron chi connectivity index (χ3n) is 1.95. The smallest absolute Gasteiger partial charge is 0.257 e. The van der Waals surface area contributed by atoms with Crippen molar-refractivity contribution in [3.63, 3.8) is 0 Å². The van der Waals surface area contributed by atoms with E-state index in [9.17, 15) is 0 Å². The minimum absolute atomic E-state index is 0.505. The molecule has 0 aliphatic heterocycles. The second-order valence-corrected chi connectivity index (χ2v) is 5.04. The number of benzene rings is 1. The number of rotatable bonds is 3. The minimum Gasteiger partial charge on any atom is -0.334 e. The molecule has 84 valence electrons. The quantitative estimate of drug-likeness (QED) is 0.928. The topological polar surface area (TPSA) is 64.9 Å². The van der Waals surface area contributed by atoms with Crippen LogP contribution in [0.15, 0.2) is 31.7 Å². The largest absolute Gasteiger partial charge is 0.334 e. The Bertz CT molecular complexity index is 478. The normalized spacial score (nSPS) is 10.7. The fraction of sp³-hybridized carbons (Fsp3) is 0.200. The molecule has 0 amide bonds. The third kappa shape index (κ3) is 2.69. The van der Waals surface area contributed by atoms with E-state index in [0.29, 0.717) is 24.7 Å². The molecule has 0 aliphatic carbocycles. The molecule has 2 aromatic rings. The van der Waals surface area contributed by atoms with Crippen LogP contribution in [0.5, 0.6) is 0 Å². The third-order valence-corrected chi connectivity index (χ3v) is 2.86. The van der Waals surface area contributed by atoms with Gasteiger partial charge in [-0.15, -0.1) is 0 Å². The molecular formula is C10H9Br2N3O. The van der Waals surface area contributed by atoms with Gasteiger partial charge in [0.25, 0.3) is 5.89 Å². The van der Waals surface area contributed by atoms with Crippen molar-refractivity contribution >= 4 is 31.9 Å². The number of aromatic nitrogens is 2. The van der Waals surface area contributed by atoms with Gasteiger partial charge in [-0.1, -0.05) is 37.0 Å². The highest BCUT2D eigenvalue weighted by Crippen LogP contribution is 2.26. The first kappa shape index (κ1) is 11.8. The summed E-state index contributed by atoms with van der Waals surface area (Å²) in [6.45, 7) is 0.515. The van der Waals surface area contributed by atoms with Gasteiger partial charge in [0, 0.05) is 20.9 Å². The Morgan fingerprint density at radius 3 is 2.50 bits per heavy atom. The summed E-state index contributed by atoms with van der Waals surface area (Å²) in [6.07, 6.45) is 0.624. The molecule has 16 heavy (non-hydrogen) atoms. The molecule has 0 bridgehead atoms. The van der Waals surface area contributed by atoms with E-state index in [4.69, 9.17) is 10.3 Å². The maximum Gasteiger partial charge on any atom is 0.257 e. The van der Waals surface area contributed by atoms with Crippen LogP contribution in [-0.2, 0) is 6.42 Å². The Morgan fingerprint density at radius 2 is 1.88 bits per heavy atom. The second kappa shape index (κ2) is 5.07. The van der Waals surface area contributed by atoms with Crippen LogP contribution in [0.4, 0.5) is 0 Å². The molecule has 2 rings (SSSR count). The molecule has 4 nitrogen and oxygen atoms in total. The molecule has 0 saturated carbocycles. The van der Waals surface area contributed by atoms with Gasteiger partial charge in [-0.25, -0.2) is 0 Å². The number of nitrogens with two attached hydrogens (primary N) is 1. The lowest BCUT2D eigenvalue weighted by atomic mass is 10.2. The van der Waals surface area contributed by atoms with Crippen LogP contribution in [0, 0.1) is 0 Å². The molecule has 0 radical (unpaired) electrons. The highest BCUT2D eigenvalue weighted by molar-refractivity contribution is 9.11. The molecule has 0 atom stereocenters. The number of halogens is 2. The van der Waals surface area contributed by atoms with Crippen LogP contribution in [0.25, 0.3) is 11.5 Å². The predicted molar refractivity (Wildman–Crippen MR) is 67.9 cm³/mol. The Labute approximate surface area is 109 Å². The Morgan fingerprint density at radius 1 is 1.19 bits per heavy atom. The van der Waals surface area contributed by atoms with Crippen molar-refractivity contribution in [1.82, 2.24) is 10.1 Å². The molecule has 0 fully saturated rings. The number of hydrogen-bond donors (Lipinski definition) is 1. The molecule has 0 aliphatic rings. The lowest BCUT2D eigenvalue weighted by molar-refractivity contribution is 0.422. The maximum absolute atomic E-state index is 5.42. The van der Waals surface area contributed by atoms with Crippen molar-refractivity contribution < 1.29 is 4.52 Å². The van der Waals surface area contributed by atoms with Crippen molar-refractivity contribution in [2.24, 2.45) is 5.73 Å². The van der Waals surface area contributed by atoms with Gasteiger partial charge in [0.05, 0.1) is 0 Å².